The van der Waals surface area contributed by atoms with Crippen molar-refractivity contribution in [2.24, 2.45) is 5.92 Å². The lowest BCUT2D eigenvalue weighted by Gasteiger charge is -2.07. The van der Waals surface area contributed by atoms with Gasteiger partial charge in [-0.05, 0) is 31.6 Å². The predicted molar refractivity (Wildman–Crippen MR) is 86.8 cm³/mol. The molecular formula is C18H34O2. The fraction of sp³-hybridized carbons (Fsp3) is 0.833. The molecule has 0 fully saturated rings. The predicted octanol–water partition coefficient (Wildman–Crippen LogP) is 5.66. The van der Waals surface area contributed by atoms with Crippen LogP contribution in [0.2, 0.25) is 0 Å². The molecular weight excluding hydrogens is 248 g/mol. The summed E-state index contributed by atoms with van der Waals surface area (Å²) in [6.45, 7) is 9.17. The first-order valence-corrected chi connectivity index (χ1v) is 8.46. The number of hydrogen-bond donors (Lipinski definition) is 0. The van der Waals surface area contributed by atoms with Gasteiger partial charge in [-0.15, -0.1) is 0 Å². The summed E-state index contributed by atoms with van der Waals surface area (Å²) in [6, 6.07) is 0. The summed E-state index contributed by atoms with van der Waals surface area (Å²) in [5.41, 5.74) is 1.23. The van der Waals surface area contributed by atoms with Gasteiger partial charge >= 0.3 is 5.97 Å². The highest BCUT2D eigenvalue weighted by Crippen LogP contribution is 2.14. The van der Waals surface area contributed by atoms with E-state index in [1.54, 1.807) is 6.08 Å². The largest absolute Gasteiger partial charge is 0.463 e. The van der Waals surface area contributed by atoms with Gasteiger partial charge < -0.3 is 4.74 Å². The van der Waals surface area contributed by atoms with E-state index in [0.717, 1.165) is 19.3 Å². The number of carbonyl (C=O) groups excluding carboxylic acids is 1. The van der Waals surface area contributed by atoms with Crippen molar-refractivity contribution in [1.29, 1.82) is 0 Å². The lowest BCUT2D eigenvalue weighted by atomic mass is 10.0. The van der Waals surface area contributed by atoms with Crippen LogP contribution in [0.5, 0.6) is 0 Å². The van der Waals surface area contributed by atoms with Crippen molar-refractivity contribution in [3.8, 4) is 0 Å². The molecule has 0 aromatic heterocycles. The van der Waals surface area contributed by atoms with E-state index < -0.39 is 0 Å². The number of carbonyl (C=O) groups is 1. The molecule has 0 spiro atoms. The van der Waals surface area contributed by atoms with Crippen molar-refractivity contribution in [3.05, 3.63) is 11.6 Å². The summed E-state index contributed by atoms with van der Waals surface area (Å²) >= 11 is 0. The standard InChI is InChI=1S/C18H34O2/c1-5-7-8-9-10-11-12-17(6-2)15-18(19)20-14-13-16(3)4/h15-16H,5-14H2,1-4H3. The minimum Gasteiger partial charge on any atom is -0.463 e. The smallest absolute Gasteiger partial charge is 0.330 e. The summed E-state index contributed by atoms with van der Waals surface area (Å²) < 4.78 is 5.23. The molecule has 0 heterocycles. The van der Waals surface area contributed by atoms with Crippen LogP contribution < -0.4 is 0 Å². The minimum atomic E-state index is -0.159. The van der Waals surface area contributed by atoms with E-state index in [4.69, 9.17) is 4.74 Å². The third-order valence-corrected chi connectivity index (χ3v) is 3.57. The molecule has 2 nitrogen and oxygen atoms in total. The highest BCUT2D eigenvalue weighted by molar-refractivity contribution is 5.82. The molecule has 0 aliphatic rings. The summed E-state index contributed by atoms with van der Waals surface area (Å²) in [7, 11) is 0. The van der Waals surface area contributed by atoms with Gasteiger partial charge in [-0.1, -0.05) is 65.4 Å². The van der Waals surface area contributed by atoms with Gasteiger partial charge in [0.15, 0.2) is 0 Å². The van der Waals surface area contributed by atoms with Gasteiger partial charge in [-0.3, -0.25) is 0 Å². The van der Waals surface area contributed by atoms with E-state index in [1.165, 1.54) is 44.1 Å². The minimum absolute atomic E-state index is 0.159. The normalized spacial score (nSPS) is 11.9. The maximum absolute atomic E-state index is 11.7. The lowest BCUT2D eigenvalue weighted by molar-refractivity contribution is -0.138. The average Bonchev–Trinajstić information content (AvgIpc) is 2.40. The Bertz CT molecular complexity index is 267. The Hall–Kier alpha value is -0.790. The molecule has 0 atom stereocenters. The van der Waals surface area contributed by atoms with Crippen LogP contribution in [0.1, 0.15) is 85.5 Å². The molecule has 0 N–H and O–H groups in total. The Labute approximate surface area is 126 Å². The second-order valence-corrected chi connectivity index (χ2v) is 6.02. The van der Waals surface area contributed by atoms with Crippen molar-refractivity contribution < 1.29 is 9.53 Å². The van der Waals surface area contributed by atoms with Gasteiger partial charge in [0.25, 0.3) is 0 Å². The monoisotopic (exact) mass is 282 g/mol. The number of rotatable bonds is 12. The molecule has 0 aliphatic carbocycles. The Balaban J connectivity index is 3.81. The zero-order chi connectivity index (χ0) is 15.2. The van der Waals surface area contributed by atoms with Crippen LogP contribution in [-0.4, -0.2) is 12.6 Å². The van der Waals surface area contributed by atoms with Crippen LogP contribution in [0.3, 0.4) is 0 Å². The highest BCUT2D eigenvalue weighted by atomic mass is 16.5. The van der Waals surface area contributed by atoms with Crippen LogP contribution in [0, 0.1) is 5.92 Å². The third kappa shape index (κ3) is 12.3. The molecule has 118 valence electrons. The first-order chi connectivity index (χ1) is 9.60. The molecule has 2 heteroatoms. The van der Waals surface area contributed by atoms with Gasteiger partial charge in [0.1, 0.15) is 0 Å². The third-order valence-electron chi connectivity index (χ3n) is 3.57. The fourth-order valence-corrected chi connectivity index (χ4v) is 2.09. The highest BCUT2D eigenvalue weighted by Gasteiger charge is 2.03. The Morgan fingerprint density at radius 3 is 2.30 bits per heavy atom. The van der Waals surface area contributed by atoms with E-state index in [9.17, 15) is 4.79 Å². The molecule has 0 bridgehead atoms. The van der Waals surface area contributed by atoms with Gasteiger partial charge in [-0.25, -0.2) is 4.79 Å². The van der Waals surface area contributed by atoms with E-state index in [2.05, 4.69) is 27.7 Å². The molecule has 0 aromatic rings. The molecule has 0 unspecified atom stereocenters. The van der Waals surface area contributed by atoms with Crippen molar-refractivity contribution >= 4 is 5.97 Å². The summed E-state index contributed by atoms with van der Waals surface area (Å²) in [5, 5.41) is 0. The lowest BCUT2D eigenvalue weighted by Crippen LogP contribution is -2.05. The SMILES string of the molecule is CCCCCCCCC(=CC(=O)OCCC(C)C)CC. The van der Waals surface area contributed by atoms with Crippen LogP contribution in [0.4, 0.5) is 0 Å². The maximum atomic E-state index is 11.7. The Morgan fingerprint density at radius 1 is 1.05 bits per heavy atom. The van der Waals surface area contributed by atoms with Crippen LogP contribution in [0.15, 0.2) is 11.6 Å². The topological polar surface area (TPSA) is 26.3 Å². The van der Waals surface area contributed by atoms with Crippen molar-refractivity contribution in [2.75, 3.05) is 6.61 Å². The molecule has 0 aliphatic heterocycles. The number of hydrogen-bond acceptors (Lipinski definition) is 2. The number of allylic oxidation sites excluding steroid dienone is 1. The quantitative estimate of drug-likeness (QED) is 0.262. The second-order valence-electron chi connectivity index (χ2n) is 6.02. The Kier molecular flexibility index (Phi) is 12.7. The van der Waals surface area contributed by atoms with Crippen molar-refractivity contribution in [3.63, 3.8) is 0 Å². The zero-order valence-electron chi connectivity index (χ0n) is 14.0. The number of unbranched alkanes of at least 4 members (excludes halogenated alkanes) is 5. The number of esters is 1. The summed E-state index contributed by atoms with van der Waals surface area (Å²) in [5.74, 6) is 0.425. The van der Waals surface area contributed by atoms with Gasteiger partial charge in [-0.2, -0.15) is 0 Å². The summed E-state index contributed by atoms with van der Waals surface area (Å²) in [4.78, 5) is 11.7. The van der Waals surface area contributed by atoms with Gasteiger partial charge in [0.2, 0.25) is 0 Å². The van der Waals surface area contributed by atoms with Crippen molar-refractivity contribution in [2.45, 2.75) is 85.5 Å². The van der Waals surface area contributed by atoms with Crippen LogP contribution >= 0.6 is 0 Å². The second kappa shape index (κ2) is 13.2. The fourth-order valence-electron chi connectivity index (χ4n) is 2.09. The Morgan fingerprint density at radius 2 is 1.70 bits per heavy atom. The van der Waals surface area contributed by atoms with E-state index in [-0.39, 0.29) is 5.97 Å². The van der Waals surface area contributed by atoms with Crippen LogP contribution in [0.25, 0.3) is 0 Å². The van der Waals surface area contributed by atoms with E-state index in [1.807, 2.05) is 0 Å². The molecule has 0 amide bonds. The molecule has 0 radical (unpaired) electrons. The molecule has 0 saturated carbocycles. The average molecular weight is 282 g/mol. The van der Waals surface area contributed by atoms with Gasteiger partial charge in [0.05, 0.1) is 6.61 Å². The molecule has 0 aromatic carbocycles. The molecule has 20 heavy (non-hydrogen) atoms. The first kappa shape index (κ1) is 19.2. The molecule has 0 rings (SSSR count). The van der Waals surface area contributed by atoms with Gasteiger partial charge in [0, 0.05) is 6.08 Å². The van der Waals surface area contributed by atoms with E-state index >= 15 is 0 Å². The van der Waals surface area contributed by atoms with E-state index in [0.29, 0.717) is 12.5 Å². The first-order valence-electron chi connectivity index (χ1n) is 8.46. The number of ether oxygens (including phenoxy) is 1. The summed E-state index contributed by atoms with van der Waals surface area (Å²) in [6.07, 6.45) is 12.4. The zero-order valence-corrected chi connectivity index (χ0v) is 14.0. The molecule has 0 saturated heterocycles. The van der Waals surface area contributed by atoms with Crippen LogP contribution in [-0.2, 0) is 9.53 Å². The maximum Gasteiger partial charge on any atom is 0.330 e. The van der Waals surface area contributed by atoms with Crippen molar-refractivity contribution in [1.82, 2.24) is 0 Å².